The van der Waals surface area contributed by atoms with E-state index in [1.165, 1.54) is 0 Å². The van der Waals surface area contributed by atoms with Crippen molar-refractivity contribution in [1.29, 1.82) is 0 Å². The summed E-state index contributed by atoms with van der Waals surface area (Å²) in [5.74, 6) is 3.43. The van der Waals surface area contributed by atoms with Gasteiger partial charge in [-0.2, -0.15) is 0 Å². The maximum Gasteiger partial charge on any atom is 0.185 e. The molecule has 124 valence electrons. The fourth-order valence-electron chi connectivity index (χ4n) is 2.48. The minimum Gasteiger partial charge on any atom is -0.289 e. The van der Waals surface area contributed by atoms with Crippen LogP contribution in [0.15, 0.2) is 51.6 Å². The van der Waals surface area contributed by atoms with Gasteiger partial charge in [0.2, 0.25) is 0 Å². The SMILES string of the molecule is CC1=C(C)C(=Nc2ccccc2C#C[Si](C)(C)C)C(C)=C(C)C1=O. The van der Waals surface area contributed by atoms with Crippen LogP contribution in [-0.4, -0.2) is 19.6 Å². The lowest BCUT2D eigenvalue weighted by Gasteiger charge is -2.19. The van der Waals surface area contributed by atoms with Crippen LogP contribution in [0.2, 0.25) is 19.6 Å². The van der Waals surface area contributed by atoms with Gasteiger partial charge in [0.25, 0.3) is 0 Å². The third kappa shape index (κ3) is 3.83. The van der Waals surface area contributed by atoms with Gasteiger partial charge in [-0.15, -0.1) is 5.54 Å². The number of carbonyl (C=O) groups excluding carboxylic acids is 1. The molecular weight excluding hydrogens is 310 g/mol. The van der Waals surface area contributed by atoms with Crippen molar-refractivity contribution in [3.8, 4) is 11.5 Å². The topological polar surface area (TPSA) is 29.4 Å². The number of nitrogens with zero attached hydrogens (tertiary/aromatic N) is 1. The van der Waals surface area contributed by atoms with Crippen LogP contribution in [0.5, 0.6) is 0 Å². The average Bonchev–Trinajstić information content (AvgIpc) is 2.53. The zero-order valence-corrected chi connectivity index (χ0v) is 16.7. The van der Waals surface area contributed by atoms with Crippen molar-refractivity contribution < 1.29 is 4.79 Å². The van der Waals surface area contributed by atoms with Crippen molar-refractivity contribution in [2.75, 3.05) is 0 Å². The van der Waals surface area contributed by atoms with E-state index in [2.05, 4.69) is 31.1 Å². The summed E-state index contributed by atoms with van der Waals surface area (Å²) in [5.41, 5.74) is 9.58. The first-order valence-electron chi connectivity index (χ1n) is 8.23. The highest BCUT2D eigenvalue weighted by Gasteiger charge is 2.23. The van der Waals surface area contributed by atoms with E-state index in [1.807, 2.05) is 52.0 Å². The van der Waals surface area contributed by atoms with E-state index in [4.69, 9.17) is 4.99 Å². The second-order valence-electron chi connectivity index (χ2n) is 7.31. The summed E-state index contributed by atoms with van der Waals surface area (Å²) < 4.78 is 0. The zero-order valence-electron chi connectivity index (χ0n) is 15.7. The summed E-state index contributed by atoms with van der Waals surface area (Å²) in [6, 6.07) is 7.97. The molecule has 3 heteroatoms. The Kier molecular flexibility index (Phi) is 5.10. The second kappa shape index (κ2) is 6.74. The number of hydrogen-bond acceptors (Lipinski definition) is 2. The Morgan fingerprint density at radius 2 is 1.42 bits per heavy atom. The molecule has 0 spiro atoms. The predicted octanol–water partition coefficient (Wildman–Crippen LogP) is 5.24. The number of carbonyl (C=O) groups is 1. The highest BCUT2D eigenvalue weighted by atomic mass is 28.3. The summed E-state index contributed by atoms with van der Waals surface area (Å²) in [6.45, 7) is 14.4. The maximum atomic E-state index is 12.2. The fraction of sp³-hybridized carbons (Fsp3) is 0.333. The molecule has 0 aliphatic heterocycles. The molecule has 2 rings (SSSR count). The molecule has 0 amide bonds. The van der Waals surface area contributed by atoms with E-state index in [1.54, 1.807) is 0 Å². The molecule has 0 saturated carbocycles. The molecule has 24 heavy (non-hydrogen) atoms. The summed E-state index contributed by atoms with van der Waals surface area (Å²) in [6.07, 6.45) is 0. The molecule has 1 aliphatic carbocycles. The molecule has 1 aliphatic rings. The van der Waals surface area contributed by atoms with Crippen molar-refractivity contribution >= 4 is 25.3 Å². The number of aliphatic imine (C=N–C) groups is 1. The van der Waals surface area contributed by atoms with Gasteiger partial charge in [-0.3, -0.25) is 4.79 Å². The smallest absolute Gasteiger partial charge is 0.185 e. The quantitative estimate of drug-likeness (QED) is 0.392. The van der Waals surface area contributed by atoms with E-state index in [9.17, 15) is 4.79 Å². The molecular formula is C21H25NOSi. The lowest BCUT2D eigenvalue weighted by atomic mass is 9.86. The normalized spacial score (nSPS) is 15.5. The monoisotopic (exact) mass is 335 g/mol. The van der Waals surface area contributed by atoms with Gasteiger partial charge in [-0.25, -0.2) is 4.99 Å². The van der Waals surface area contributed by atoms with Crippen molar-refractivity contribution in [3.05, 3.63) is 52.1 Å². The van der Waals surface area contributed by atoms with Crippen LogP contribution in [0, 0.1) is 11.5 Å². The first-order chi connectivity index (χ1) is 11.1. The first-order valence-corrected chi connectivity index (χ1v) is 11.7. The molecule has 1 aromatic carbocycles. The van der Waals surface area contributed by atoms with Gasteiger partial charge in [-0.1, -0.05) is 37.7 Å². The molecule has 0 fully saturated rings. The van der Waals surface area contributed by atoms with E-state index in [0.29, 0.717) is 0 Å². The molecule has 0 N–H and O–H groups in total. The molecule has 0 aromatic heterocycles. The van der Waals surface area contributed by atoms with Gasteiger partial charge in [0.05, 0.1) is 11.4 Å². The van der Waals surface area contributed by atoms with Crippen LogP contribution in [0.1, 0.15) is 33.3 Å². The largest absolute Gasteiger partial charge is 0.289 e. The van der Waals surface area contributed by atoms with Gasteiger partial charge in [0.15, 0.2) is 5.78 Å². The summed E-state index contributed by atoms with van der Waals surface area (Å²) in [5, 5.41) is 0. The number of hydrogen-bond donors (Lipinski definition) is 0. The third-order valence-electron chi connectivity index (χ3n) is 4.23. The number of ketones is 1. The zero-order chi connectivity index (χ0) is 18.1. The molecule has 2 nitrogen and oxygen atoms in total. The summed E-state index contributed by atoms with van der Waals surface area (Å²) in [7, 11) is -1.45. The number of allylic oxidation sites excluding steroid dienone is 4. The van der Waals surface area contributed by atoms with Crippen molar-refractivity contribution in [2.24, 2.45) is 4.99 Å². The van der Waals surface area contributed by atoms with E-state index >= 15 is 0 Å². The highest BCUT2D eigenvalue weighted by Crippen LogP contribution is 2.28. The van der Waals surface area contributed by atoms with Crippen molar-refractivity contribution in [1.82, 2.24) is 0 Å². The molecule has 0 saturated heterocycles. The Labute approximate surface area is 146 Å². The lowest BCUT2D eigenvalue weighted by molar-refractivity contribution is -0.112. The van der Waals surface area contributed by atoms with Gasteiger partial charge < -0.3 is 0 Å². The van der Waals surface area contributed by atoms with Crippen molar-refractivity contribution in [2.45, 2.75) is 47.3 Å². The summed E-state index contributed by atoms with van der Waals surface area (Å²) >= 11 is 0. The van der Waals surface area contributed by atoms with Crippen LogP contribution in [0.3, 0.4) is 0 Å². The Bertz CT molecular complexity index is 822. The number of benzene rings is 1. The van der Waals surface area contributed by atoms with Crippen LogP contribution < -0.4 is 0 Å². The second-order valence-corrected chi connectivity index (χ2v) is 12.1. The molecule has 0 atom stereocenters. The minimum absolute atomic E-state index is 0.121. The van der Waals surface area contributed by atoms with Crippen LogP contribution in [-0.2, 0) is 4.79 Å². The summed E-state index contributed by atoms with van der Waals surface area (Å²) in [4.78, 5) is 17.1. The number of rotatable bonds is 1. The molecule has 1 aromatic rings. The Morgan fingerprint density at radius 3 is 1.96 bits per heavy atom. The Morgan fingerprint density at radius 1 is 0.875 bits per heavy atom. The highest BCUT2D eigenvalue weighted by molar-refractivity contribution is 6.83. The van der Waals surface area contributed by atoms with E-state index in [0.717, 1.165) is 39.3 Å². The van der Waals surface area contributed by atoms with Gasteiger partial charge in [0.1, 0.15) is 8.07 Å². The van der Waals surface area contributed by atoms with Gasteiger partial charge >= 0.3 is 0 Å². The van der Waals surface area contributed by atoms with Crippen LogP contribution in [0.4, 0.5) is 5.69 Å². The van der Waals surface area contributed by atoms with E-state index < -0.39 is 8.07 Å². The predicted molar refractivity (Wildman–Crippen MR) is 106 cm³/mol. The average molecular weight is 336 g/mol. The molecule has 0 radical (unpaired) electrons. The lowest BCUT2D eigenvalue weighted by Crippen LogP contribution is -2.19. The van der Waals surface area contributed by atoms with Crippen LogP contribution >= 0.6 is 0 Å². The fourth-order valence-corrected chi connectivity index (χ4v) is 2.99. The minimum atomic E-state index is -1.45. The van der Waals surface area contributed by atoms with Crippen molar-refractivity contribution in [3.63, 3.8) is 0 Å². The number of para-hydroxylation sites is 1. The maximum absolute atomic E-state index is 12.2. The first kappa shape index (κ1) is 18.2. The Balaban J connectivity index is 2.60. The number of Topliss-reactive ketones (excluding diaryl/α,β-unsaturated/α-hetero) is 1. The van der Waals surface area contributed by atoms with E-state index in [-0.39, 0.29) is 5.78 Å². The molecule has 0 unspecified atom stereocenters. The molecule has 0 bridgehead atoms. The third-order valence-corrected chi connectivity index (χ3v) is 5.10. The standard InChI is InChI=1S/C21H25NOSi/c1-14-16(3)21(23)17(4)15(2)20(14)22-19-11-9-8-10-18(19)12-13-24(5,6)7/h8-11H,1-7H3. The molecule has 0 heterocycles. The van der Waals surface area contributed by atoms with Crippen LogP contribution in [0.25, 0.3) is 0 Å². The Hall–Kier alpha value is -2.18. The van der Waals surface area contributed by atoms with Gasteiger partial charge in [-0.05, 0) is 51.0 Å². The van der Waals surface area contributed by atoms with Gasteiger partial charge in [0, 0.05) is 16.7 Å².